The fourth-order valence-corrected chi connectivity index (χ4v) is 3.67. The number of rotatable bonds is 4. The monoisotopic (exact) mass is 323 g/mol. The lowest BCUT2D eigenvalue weighted by Crippen LogP contribution is -2.47. The molecule has 0 saturated carbocycles. The van der Waals surface area contributed by atoms with Gasteiger partial charge in [-0.2, -0.15) is 0 Å². The van der Waals surface area contributed by atoms with Crippen molar-refractivity contribution < 1.29 is 14.1 Å². The van der Waals surface area contributed by atoms with Crippen LogP contribution in [0.1, 0.15) is 24.4 Å². The number of nitro groups is 1. The molecule has 0 aliphatic carbocycles. The second-order valence-electron chi connectivity index (χ2n) is 6.14. The van der Waals surface area contributed by atoms with Crippen molar-refractivity contribution in [3.63, 3.8) is 0 Å². The normalized spacial score (nSPS) is 22.0. The first-order valence-corrected chi connectivity index (χ1v) is 8.13. The Balaban J connectivity index is 1.98. The lowest BCUT2D eigenvalue weighted by Gasteiger charge is -2.40. The summed E-state index contributed by atoms with van der Waals surface area (Å²) >= 11 is 0. The van der Waals surface area contributed by atoms with E-state index in [1.165, 1.54) is 6.07 Å². The molecular formula is C16H22FN3O3. The van der Waals surface area contributed by atoms with Crippen molar-refractivity contribution in [2.75, 3.05) is 39.4 Å². The van der Waals surface area contributed by atoms with Crippen LogP contribution in [0.4, 0.5) is 10.1 Å². The van der Waals surface area contributed by atoms with Gasteiger partial charge in [0.15, 0.2) is 0 Å². The summed E-state index contributed by atoms with van der Waals surface area (Å²) in [7, 11) is 0. The van der Waals surface area contributed by atoms with Crippen molar-refractivity contribution in [2.24, 2.45) is 5.92 Å². The van der Waals surface area contributed by atoms with Crippen LogP contribution in [0.25, 0.3) is 0 Å². The summed E-state index contributed by atoms with van der Waals surface area (Å²) in [6, 6.07) is 3.91. The third kappa shape index (κ3) is 3.68. The van der Waals surface area contributed by atoms with Crippen molar-refractivity contribution in [2.45, 2.75) is 18.9 Å². The Morgan fingerprint density at radius 2 is 2.00 bits per heavy atom. The minimum absolute atomic E-state index is 0.0537. The molecule has 0 amide bonds. The Hall–Kier alpha value is -1.57. The van der Waals surface area contributed by atoms with E-state index in [0.29, 0.717) is 24.7 Å². The number of halogens is 1. The molecule has 2 heterocycles. The van der Waals surface area contributed by atoms with E-state index >= 15 is 0 Å². The van der Waals surface area contributed by atoms with Crippen LogP contribution >= 0.6 is 0 Å². The maximum Gasteiger partial charge on any atom is 0.277 e. The van der Waals surface area contributed by atoms with E-state index in [1.54, 1.807) is 6.07 Å². The summed E-state index contributed by atoms with van der Waals surface area (Å²) in [4.78, 5) is 13.3. The van der Waals surface area contributed by atoms with Gasteiger partial charge in [-0.05, 0) is 30.9 Å². The minimum atomic E-state index is -0.563. The van der Waals surface area contributed by atoms with Crippen molar-refractivity contribution >= 4 is 5.69 Å². The lowest BCUT2D eigenvalue weighted by molar-refractivity contribution is -0.386. The van der Waals surface area contributed by atoms with Gasteiger partial charge in [0.2, 0.25) is 0 Å². The zero-order valence-electron chi connectivity index (χ0n) is 13.0. The maximum absolute atomic E-state index is 13.5. The summed E-state index contributed by atoms with van der Waals surface area (Å²) in [6.45, 7) is 4.79. The molecule has 6 nitrogen and oxygen atoms in total. The Labute approximate surface area is 134 Å². The summed E-state index contributed by atoms with van der Waals surface area (Å²) < 4.78 is 19.0. The molecule has 23 heavy (non-hydrogen) atoms. The predicted molar refractivity (Wildman–Crippen MR) is 83.8 cm³/mol. The average molecular weight is 323 g/mol. The fourth-order valence-electron chi connectivity index (χ4n) is 3.67. The van der Waals surface area contributed by atoms with Crippen LogP contribution < -0.4 is 5.32 Å². The number of nitro benzene ring substituents is 1. The summed E-state index contributed by atoms with van der Waals surface area (Å²) in [5.74, 6) is -0.266. The fraction of sp³-hybridized carbons (Fsp3) is 0.625. The Bertz CT molecular complexity index is 540. The maximum atomic E-state index is 13.5. The van der Waals surface area contributed by atoms with E-state index in [0.717, 1.165) is 45.1 Å². The zero-order chi connectivity index (χ0) is 16.2. The molecule has 0 spiro atoms. The lowest BCUT2D eigenvalue weighted by atomic mass is 9.85. The molecule has 0 bridgehead atoms. The molecule has 1 atom stereocenters. The van der Waals surface area contributed by atoms with E-state index in [1.807, 2.05) is 0 Å². The molecule has 126 valence electrons. The molecule has 2 aliphatic rings. The highest BCUT2D eigenvalue weighted by molar-refractivity contribution is 5.43. The van der Waals surface area contributed by atoms with E-state index < -0.39 is 10.7 Å². The number of nitrogens with zero attached hydrogens (tertiary/aromatic N) is 2. The van der Waals surface area contributed by atoms with Gasteiger partial charge in [0.05, 0.1) is 11.0 Å². The topological polar surface area (TPSA) is 67.6 Å². The van der Waals surface area contributed by atoms with E-state index in [9.17, 15) is 14.5 Å². The van der Waals surface area contributed by atoms with Gasteiger partial charge in [0.1, 0.15) is 5.82 Å². The van der Waals surface area contributed by atoms with E-state index in [2.05, 4.69) is 10.2 Å². The molecule has 7 heteroatoms. The molecule has 1 aromatic carbocycles. The van der Waals surface area contributed by atoms with Gasteiger partial charge in [-0.15, -0.1) is 0 Å². The van der Waals surface area contributed by atoms with Crippen LogP contribution in [0.5, 0.6) is 0 Å². The van der Waals surface area contributed by atoms with Gasteiger partial charge in [0, 0.05) is 51.0 Å². The van der Waals surface area contributed by atoms with Gasteiger partial charge >= 0.3 is 0 Å². The second kappa shape index (κ2) is 7.33. The SMILES string of the molecule is O=[N+]([O-])c1cc(F)ccc1[C@H](C1CCOCC1)N1CCNCC1. The van der Waals surface area contributed by atoms with Crippen LogP contribution in [0.3, 0.4) is 0 Å². The van der Waals surface area contributed by atoms with E-state index in [-0.39, 0.29) is 11.7 Å². The zero-order valence-corrected chi connectivity index (χ0v) is 13.0. The summed E-state index contributed by atoms with van der Waals surface area (Å²) in [5, 5.41) is 14.7. The molecule has 0 radical (unpaired) electrons. The Morgan fingerprint density at radius 1 is 1.30 bits per heavy atom. The second-order valence-corrected chi connectivity index (χ2v) is 6.14. The molecule has 2 saturated heterocycles. The van der Waals surface area contributed by atoms with Crippen molar-refractivity contribution in [3.05, 3.63) is 39.7 Å². The number of hydrogen-bond acceptors (Lipinski definition) is 5. The molecule has 0 aromatic heterocycles. The quantitative estimate of drug-likeness (QED) is 0.679. The van der Waals surface area contributed by atoms with Gasteiger partial charge in [-0.1, -0.05) is 0 Å². The minimum Gasteiger partial charge on any atom is -0.381 e. The number of hydrogen-bond donors (Lipinski definition) is 1. The average Bonchev–Trinajstić information content (AvgIpc) is 2.58. The van der Waals surface area contributed by atoms with Crippen LogP contribution in [-0.2, 0) is 4.74 Å². The standard InChI is InChI=1S/C16H22FN3O3/c17-13-1-2-14(15(11-13)20(21)22)16(12-3-9-23-10-4-12)19-7-5-18-6-8-19/h1-2,11-12,16,18H,3-10H2/t16-/m0/s1. The van der Waals surface area contributed by atoms with Crippen molar-refractivity contribution in [3.8, 4) is 0 Å². The highest BCUT2D eigenvalue weighted by atomic mass is 19.1. The van der Waals surface area contributed by atoms with Gasteiger partial charge in [0.25, 0.3) is 5.69 Å². The highest BCUT2D eigenvalue weighted by Crippen LogP contribution is 2.39. The van der Waals surface area contributed by atoms with Crippen LogP contribution in [0.15, 0.2) is 18.2 Å². The number of ether oxygens (including phenoxy) is 1. The predicted octanol–water partition coefficient (Wildman–Crippen LogP) is 2.11. The first-order chi connectivity index (χ1) is 11.2. The third-order valence-electron chi connectivity index (χ3n) is 4.77. The number of nitrogens with one attached hydrogen (secondary N) is 1. The Morgan fingerprint density at radius 3 is 2.65 bits per heavy atom. The highest BCUT2D eigenvalue weighted by Gasteiger charge is 2.35. The largest absolute Gasteiger partial charge is 0.381 e. The molecule has 1 aromatic rings. The van der Waals surface area contributed by atoms with Crippen LogP contribution in [-0.4, -0.2) is 49.2 Å². The number of piperazine rings is 1. The molecule has 2 aliphatic heterocycles. The van der Waals surface area contributed by atoms with Crippen LogP contribution in [0, 0.1) is 21.8 Å². The molecule has 1 N–H and O–H groups in total. The van der Waals surface area contributed by atoms with Crippen molar-refractivity contribution in [1.82, 2.24) is 10.2 Å². The molecule has 3 rings (SSSR count). The van der Waals surface area contributed by atoms with E-state index in [4.69, 9.17) is 4.74 Å². The smallest absolute Gasteiger partial charge is 0.277 e. The van der Waals surface area contributed by atoms with Gasteiger partial charge in [-0.3, -0.25) is 15.0 Å². The molecule has 0 unspecified atom stereocenters. The van der Waals surface area contributed by atoms with Crippen LogP contribution in [0.2, 0.25) is 0 Å². The molecular weight excluding hydrogens is 301 g/mol. The summed E-state index contributed by atoms with van der Waals surface area (Å²) in [5.41, 5.74) is 0.519. The Kier molecular flexibility index (Phi) is 5.20. The first kappa shape index (κ1) is 16.3. The van der Waals surface area contributed by atoms with Gasteiger partial charge < -0.3 is 10.1 Å². The first-order valence-electron chi connectivity index (χ1n) is 8.13. The number of benzene rings is 1. The third-order valence-corrected chi connectivity index (χ3v) is 4.77. The van der Waals surface area contributed by atoms with Crippen molar-refractivity contribution in [1.29, 1.82) is 0 Å². The van der Waals surface area contributed by atoms with Gasteiger partial charge in [-0.25, -0.2) is 4.39 Å². The molecule has 2 fully saturated rings. The summed E-state index contributed by atoms with van der Waals surface area (Å²) in [6.07, 6.45) is 1.76.